The van der Waals surface area contributed by atoms with Crippen LogP contribution < -0.4 is 10.5 Å². The number of hydrogen-bond donors (Lipinski definition) is 1. The van der Waals surface area contributed by atoms with Gasteiger partial charge in [0.1, 0.15) is 5.75 Å². The van der Waals surface area contributed by atoms with Gasteiger partial charge in [0.25, 0.3) is 0 Å². The predicted octanol–water partition coefficient (Wildman–Crippen LogP) is 3.88. The summed E-state index contributed by atoms with van der Waals surface area (Å²) in [7, 11) is 0. The van der Waals surface area contributed by atoms with Crippen LogP contribution in [0, 0.1) is 0 Å². The van der Waals surface area contributed by atoms with Gasteiger partial charge in [0.05, 0.1) is 23.3 Å². The van der Waals surface area contributed by atoms with Gasteiger partial charge < -0.3 is 15.2 Å². The third-order valence-electron chi connectivity index (χ3n) is 3.31. The molecular formula is C15H13Cl2NO2. The van der Waals surface area contributed by atoms with Crippen LogP contribution >= 0.6 is 23.2 Å². The van der Waals surface area contributed by atoms with E-state index in [1.807, 2.05) is 24.3 Å². The SMILES string of the molecule is Nc1ccc(OC2(c3ccc(Cl)c(Cl)c3)COC2)cc1. The maximum atomic E-state index is 6.09. The Morgan fingerprint density at radius 2 is 1.70 bits per heavy atom. The Balaban J connectivity index is 1.90. The van der Waals surface area contributed by atoms with Crippen molar-refractivity contribution in [2.75, 3.05) is 18.9 Å². The Labute approximate surface area is 127 Å². The Hall–Kier alpha value is -1.42. The predicted molar refractivity (Wildman–Crippen MR) is 80.4 cm³/mol. The van der Waals surface area contributed by atoms with E-state index in [0.717, 1.165) is 11.3 Å². The van der Waals surface area contributed by atoms with E-state index in [4.69, 9.17) is 38.4 Å². The minimum Gasteiger partial charge on any atom is -0.478 e. The average Bonchev–Trinajstić information content (AvgIpc) is 2.39. The van der Waals surface area contributed by atoms with E-state index in [0.29, 0.717) is 28.9 Å². The summed E-state index contributed by atoms with van der Waals surface area (Å²) < 4.78 is 11.4. The molecule has 1 fully saturated rings. The summed E-state index contributed by atoms with van der Waals surface area (Å²) in [4.78, 5) is 0. The van der Waals surface area contributed by atoms with Crippen LogP contribution in [0.3, 0.4) is 0 Å². The highest BCUT2D eigenvalue weighted by Gasteiger charge is 2.43. The van der Waals surface area contributed by atoms with Crippen molar-refractivity contribution >= 4 is 28.9 Å². The summed E-state index contributed by atoms with van der Waals surface area (Å²) in [5.74, 6) is 0.744. The zero-order valence-corrected chi connectivity index (χ0v) is 12.1. The Morgan fingerprint density at radius 1 is 1.00 bits per heavy atom. The normalized spacial score (nSPS) is 16.5. The molecule has 0 spiro atoms. The zero-order valence-electron chi connectivity index (χ0n) is 10.6. The number of ether oxygens (including phenoxy) is 2. The highest BCUT2D eigenvalue weighted by Crippen LogP contribution is 2.37. The maximum absolute atomic E-state index is 6.09. The number of nitrogens with two attached hydrogens (primary N) is 1. The van der Waals surface area contributed by atoms with Crippen molar-refractivity contribution in [1.82, 2.24) is 0 Å². The maximum Gasteiger partial charge on any atom is 0.180 e. The monoisotopic (exact) mass is 309 g/mol. The molecule has 0 bridgehead atoms. The molecule has 2 N–H and O–H groups in total. The van der Waals surface area contributed by atoms with E-state index in [9.17, 15) is 0 Å². The van der Waals surface area contributed by atoms with Crippen LogP contribution in [0.1, 0.15) is 5.56 Å². The van der Waals surface area contributed by atoms with Gasteiger partial charge in [0.2, 0.25) is 0 Å². The first-order valence-corrected chi connectivity index (χ1v) is 6.92. The van der Waals surface area contributed by atoms with Crippen molar-refractivity contribution in [2.24, 2.45) is 0 Å². The molecule has 1 heterocycles. The molecule has 0 saturated carbocycles. The van der Waals surface area contributed by atoms with Crippen molar-refractivity contribution < 1.29 is 9.47 Å². The fourth-order valence-electron chi connectivity index (χ4n) is 2.11. The van der Waals surface area contributed by atoms with Crippen LogP contribution in [0.25, 0.3) is 0 Å². The summed E-state index contributed by atoms with van der Waals surface area (Å²) in [6, 6.07) is 12.8. The highest BCUT2D eigenvalue weighted by atomic mass is 35.5. The number of halogens is 2. The van der Waals surface area contributed by atoms with Gasteiger partial charge in [-0.3, -0.25) is 0 Å². The number of rotatable bonds is 3. The van der Waals surface area contributed by atoms with E-state index in [1.165, 1.54) is 0 Å². The van der Waals surface area contributed by atoms with Gasteiger partial charge in [0.15, 0.2) is 5.60 Å². The lowest BCUT2D eigenvalue weighted by atomic mass is 9.91. The zero-order chi connectivity index (χ0) is 14.2. The Bertz CT molecular complexity index is 624. The van der Waals surface area contributed by atoms with Gasteiger partial charge >= 0.3 is 0 Å². The molecule has 104 valence electrons. The minimum absolute atomic E-state index is 0.481. The first-order valence-electron chi connectivity index (χ1n) is 6.17. The number of nitrogen functional groups attached to an aromatic ring is 1. The van der Waals surface area contributed by atoms with Gasteiger partial charge in [0, 0.05) is 11.3 Å². The molecule has 5 heteroatoms. The van der Waals surface area contributed by atoms with Gasteiger partial charge in [-0.15, -0.1) is 0 Å². The molecule has 1 saturated heterocycles. The third kappa shape index (κ3) is 2.44. The van der Waals surface area contributed by atoms with Gasteiger partial charge in [-0.2, -0.15) is 0 Å². The van der Waals surface area contributed by atoms with Crippen molar-refractivity contribution in [3.8, 4) is 5.75 Å². The smallest absolute Gasteiger partial charge is 0.180 e. The average molecular weight is 310 g/mol. The topological polar surface area (TPSA) is 44.5 Å². The third-order valence-corrected chi connectivity index (χ3v) is 4.05. The number of hydrogen-bond acceptors (Lipinski definition) is 3. The summed E-state index contributed by atoms with van der Waals surface area (Å²) in [5, 5.41) is 1.04. The summed E-state index contributed by atoms with van der Waals surface area (Å²) >= 11 is 12.0. The van der Waals surface area contributed by atoms with Crippen LogP contribution in [0.5, 0.6) is 5.75 Å². The molecule has 3 rings (SSSR count). The molecule has 0 amide bonds. The van der Waals surface area contributed by atoms with Crippen molar-refractivity contribution in [2.45, 2.75) is 5.60 Å². The molecule has 3 nitrogen and oxygen atoms in total. The standard InChI is InChI=1S/C15H13Cl2NO2/c16-13-6-1-10(7-14(13)17)15(8-19-9-15)20-12-4-2-11(18)3-5-12/h1-7H,8-9,18H2. The summed E-state index contributed by atoms with van der Waals surface area (Å²) in [5.41, 5.74) is 6.82. The van der Waals surface area contributed by atoms with Crippen LogP contribution in [-0.4, -0.2) is 13.2 Å². The van der Waals surface area contributed by atoms with E-state index in [-0.39, 0.29) is 0 Å². The molecule has 1 aliphatic rings. The fraction of sp³-hybridized carbons (Fsp3) is 0.200. The van der Waals surface area contributed by atoms with Gasteiger partial charge in [-0.25, -0.2) is 0 Å². The van der Waals surface area contributed by atoms with Crippen molar-refractivity contribution in [3.63, 3.8) is 0 Å². The van der Waals surface area contributed by atoms with Gasteiger partial charge in [-0.05, 0) is 36.4 Å². The van der Waals surface area contributed by atoms with Crippen molar-refractivity contribution in [1.29, 1.82) is 0 Å². The molecule has 0 unspecified atom stereocenters. The van der Waals surface area contributed by atoms with Crippen LogP contribution in [0.4, 0.5) is 5.69 Å². The van der Waals surface area contributed by atoms with Gasteiger partial charge in [-0.1, -0.05) is 29.3 Å². The second-order valence-corrected chi connectivity index (χ2v) is 5.60. The Kier molecular flexibility index (Phi) is 3.50. The second kappa shape index (κ2) is 5.17. The van der Waals surface area contributed by atoms with Crippen LogP contribution in [0.2, 0.25) is 10.0 Å². The Morgan fingerprint density at radius 3 is 2.25 bits per heavy atom. The molecule has 2 aromatic rings. The lowest BCUT2D eigenvalue weighted by Gasteiger charge is -2.41. The van der Waals surface area contributed by atoms with E-state index < -0.39 is 5.60 Å². The molecule has 0 aliphatic carbocycles. The van der Waals surface area contributed by atoms with E-state index >= 15 is 0 Å². The van der Waals surface area contributed by atoms with Crippen LogP contribution in [-0.2, 0) is 10.3 Å². The van der Waals surface area contributed by atoms with Crippen molar-refractivity contribution in [3.05, 3.63) is 58.1 Å². The molecule has 0 radical (unpaired) electrons. The largest absolute Gasteiger partial charge is 0.478 e. The summed E-state index contributed by atoms with van der Waals surface area (Å²) in [6.45, 7) is 0.963. The molecule has 0 atom stereocenters. The fourth-order valence-corrected chi connectivity index (χ4v) is 2.41. The van der Waals surface area contributed by atoms with E-state index in [1.54, 1.807) is 18.2 Å². The molecular weight excluding hydrogens is 297 g/mol. The summed E-state index contributed by atoms with van der Waals surface area (Å²) in [6.07, 6.45) is 0. The second-order valence-electron chi connectivity index (χ2n) is 4.79. The lowest BCUT2D eigenvalue weighted by Crippen LogP contribution is -2.51. The van der Waals surface area contributed by atoms with Crippen LogP contribution in [0.15, 0.2) is 42.5 Å². The number of benzene rings is 2. The first kappa shape index (κ1) is 13.6. The quantitative estimate of drug-likeness (QED) is 0.875. The first-order chi connectivity index (χ1) is 9.59. The lowest BCUT2D eigenvalue weighted by molar-refractivity contribution is -0.167. The number of anilines is 1. The molecule has 1 aliphatic heterocycles. The molecule has 0 aromatic heterocycles. The highest BCUT2D eigenvalue weighted by molar-refractivity contribution is 6.42. The molecule has 2 aromatic carbocycles. The van der Waals surface area contributed by atoms with E-state index in [2.05, 4.69) is 0 Å². The minimum atomic E-state index is -0.510. The molecule has 20 heavy (non-hydrogen) atoms.